The molecule has 1 fully saturated rings. The normalized spacial score (nSPS) is 31.3. The van der Waals surface area contributed by atoms with Gasteiger partial charge in [0.25, 0.3) is 0 Å². The number of piperidine rings is 1. The van der Waals surface area contributed by atoms with Crippen molar-refractivity contribution in [2.24, 2.45) is 5.41 Å². The summed E-state index contributed by atoms with van der Waals surface area (Å²) >= 11 is 0. The van der Waals surface area contributed by atoms with Crippen molar-refractivity contribution in [3.05, 3.63) is 11.4 Å². The first kappa shape index (κ1) is 8.55. The molecule has 11 heavy (non-hydrogen) atoms. The zero-order valence-corrected chi connectivity index (χ0v) is 7.59. The third kappa shape index (κ3) is 1.72. The van der Waals surface area contributed by atoms with Gasteiger partial charge < -0.3 is 9.74 Å². The van der Waals surface area contributed by atoms with Crippen LogP contribution in [0.4, 0.5) is 0 Å². The monoisotopic (exact) mass is 152 g/mol. The fourth-order valence-corrected chi connectivity index (χ4v) is 1.85. The zero-order valence-electron chi connectivity index (χ0n) is 7.59. The van der Waals surface area contributed by atoms with Crippen molar-refractivity contribution in [1.82, 2.24) is 4.90 Å². The van der Waals surface area contributed by atoms with E-state index in [2.05, 4.69) is 30.6 Å². The Kier molecular flexibility index (Phi) is 2.20. The lowest BCUT2D eigenvalue weighted by Crippen LogP contribution is -2.45. The van der Waals surface area contributed by atoms with E-state index in [1.165, 1.54) is 0 Å². The minimum atomic E-state index is 0.189. The maximum absolute atomic E-state index is 7.03. The van der Waals surface area contributed by atoms with Gasteiger partial charge in [0.1, 0.15) is 0 Å². The topological polar surface area (TPSA) is 7.60 Å². The van der Waals surface area contributed by atoms with Crippen LogP contribution in [-0.4, -0.2) is 31.1 Å². The van der Waals surface area contributed by atoms with Crippen LogP contribution in [0.5, 0.6) is 0 Å². The number of rotatable bonds is 0. The van der Waals surface area contributed by atoms with E-state index in [0.717, 1.165) is 19.5 Å². The van der Waals surface area contributed by atoms with E-state index in [-0.39, 0.29) is 11.5 Å². The molecule has 1 aliphatic heterocycles. The summed E-state index contributed by atoms with van der Waals surface area (Å²) < 4.78 is 0. The van der Waals surface area contributed by atoms with E-state index in [4.69, 9.17) is 6.57 Å². The number of nitrogens with zero attached hydrogens (tertiary/aromatic N) is 2. The summed E-state index contributed by atoms with van der Waals surface area (Å²) in [5.74, 6) is 0. The van der Waals surface area contributed by atoms with Crippen LogP contribution in [0.15, 0.2) is 0 Å². The lowest BCUT2D eigenvalue weighted by molar-refractivity contribution is 0.134. The van der Waals surface area contributed by atoms with E-state index < -0.39 is 0 Å². The van der Waals surface area contributed by atoms with Crippen LogP contribution in [0, 0.1) is 12.0 Å². The molecule has 1 atom stereocenters. The van der Waals surface area contributed by atoms with Crippen molar-refractivity contribution >= 4 is 0 Å². The summed E-state index contributed by atoms with van der Waals surface area (Å²) in [6, 6.07) is 0.235. The van der Waals surface area contributed by atoms with Gasteiger partial charge in [-0.3, -0.25) is 0 Å². The number of likely N-dealkylation sites (tertiary alicyclic amines) is 1. The highest BCUT2D eigenvalue weighted by molar-refractivity contribution is 4.97. The van der Waals surface area contributed by atoms with Crippen LogP contribution >= 0.6 is 0 Å². The molecule has 1 rings (SSSR count). The van der Waals surface area contributed by atoms with Gasteiger partial charge in [-0.2, -0.15) is 0 Å². The third-order valence-electron chi connectivity index (χ3n) is 2.52. The van der Waals surface area contributed by atoms with E-state index in [1.807, 2.05) is 0 Å². The standard InChI is InChI=1S/C9H16N2/c1-9(2)7-11(4)6-5-8(9)10-3/h8H,5-7H2,1-2,4H3. The van der Waals surface area contributed by atoms with E-state index >= 15 is 0 Å². The van der Waals surface area contributed by atoms with Gasteiger partial charge in [-0.05, 0) is 7.05 Å². The molecule has 0 aromatic carbocycles. The summed E-state index contributed by atoms with van der Waals surface area (Å²) in [4.78, 5) is 5.97. The molecule has 1 aliphatic rings. The molecule has 2 heteroatoms. The first-order valence-corrected chi connectivity index (χ1v) is 4.11. The molecule has 0 radical (unpaired) electrons. The van der Waals surface area contributed by atoms with Crippen molar-refractivity contribution in [3.63, 3.8) is 0 Å². The molecule has 0 bridgehead atoms. The van der Waals surface area contributed by atoms with Gasteiger partial charge in [-0.15, -0.1) is 0 Å². The van der Waals surface area contributed by atoms with Gasteiger partial charge in [0.15, 0.2) is 0 Å². The first-order chi connectivity index (χ1) is 5.06. The van der Waals surface area contributed by atoms with Gasteiger partial charge in [-0.25, -0.2) is 6.57 Å². The summed E-state index contributed by atoms with van der Waals surface area (Å²) in [6.07, 6.45) is 1.03. The van der Waals surface area contributed by atoms with Crippen molar-refractivity contribution in [1.29, 1.82) is 0 Å². The predicted molar refractivity (Wildman–Crippen MR) is 46.3 cm³/mol. The van der Waals surface area contributed by atoms with Crippen LogP contribution in [-0.2, 0) is 0 Å². The van der Waals surface area contributed by atoms with Gasteiger partial charge in [0, 0.05) is 19.5 Å². The summed E-state index contributed by atoms with van der Waals surface area (Å²) in [5.41, 5.74) is 0.189. The molecular formula is C9H16N2. The van der Waals surface area contributed by atoms with Crippen LogP contribution < -0.4 is 0 Å². The van der Waals surface area contributed by atoms with E-state index in [9.17, 15) is 0 Å². The molecule has 1 heterocycles. The smallest absolute Gasteiger partial charge is 0.231 e. The van der Waals surface area contributed by atoms with E-state index in [1.54, 1.807) is 0 Å². The van der Waals surface area contributed by atoms with Gasteiger partial charge in [-0.1, -0.05) is 13.8 Å². The maximum Gasteiger partial charge on any atom is 0.231 e. The Balaban J connectivity index is 2.66. The van der Waals surface area contributed by atoms with Gasteiger partial charge in [0.05, 0.1) is 5.41 Å². The third-order valence-corrected chi connectivity index (χ3v) is 2.52. The molecule has 1 saturated heterocycles. The summed E-state index contributed by atoms with van der Waals surface area (Å²) in [6.45, 7) is 13.5. The Morgan fingerprint density at radius 3 is 2.64 bits per heavy atom. The minimum Gasteiger partial charge on any atom is -0.313 e. The van der Waals surface area contributed by atoms with Crippen LogP contribution in [0.2, 0.25) is 0 Å². The highest BCUT2D eigenvalue weighted by Gasteiger charge is 2.39. The van der Waals surface area contributed by atoms with Crippen molar-refractivity contribution in [3.8, 4) is 0 Å². The average Bonchev–Trinajstić information content (AvgIpc) is 1.85. The highest BCUT2D eigenvalue weighted by Crippen LogP contribution is 2.30. The number of hydrogen-bond acceptors (Lipinski definition) is 1. The summed E-state index contributed by atoms with van der Waals surface area (Å²) in [7, 11) is 2.13. The molecule has 0 aliphatic carbocycles. The molecule has 62 valence electrons. The first-order valence-electron chi connectivity index (χ1n) is 4.11. The molecular weight excluding hydrogens is 136 g/mol. The molecule has 0 saturated carbocycles. The largest absolute Gasteiger partial charge is 0.313 e. The van der Waals surface area contributed by atoms with Crippen molar-refractivity contribution < 1.29 is 0 Å². The average molecular weight is 152 g/mol. The SMILES string of the molecule is [C-]#[N+]C1CCN(C)CC1(C)C. The van der Waals surface area contributed by atoms with Gasteiger partial charge in [0.2, 0.25) is 6.04 Å². The quantitative estimate of drug-likeness (QED) is 0.479. The molecule has 1 unspecified atom stereocenters. The fourth-order valence-electron chi connectivity index (χ4n) is 1.85. The van der Waals surface area contributed by atoms with Gasteiger partial charge >= 0.3 is 0 Å². The predicted octanol–water partition coefficient (Wildman–Crippen LogP) is 1.64. The Hall–Kier alpha value is -0.550. The van der Waals surface area contributed by atoms with Crippen LogP contribution in [0.1, 0.15) is 20.3 Å². The molecule has 0 aromatic rings. The second-order valence-corrected chi connectivity index (χ2v) is 4.16. The minimum absolute atomic E-state index is 0.189. The zero-order chi connectivity index (χ0) is 8.48. The Bertz CT molecular complexity index is 178. The maximum atomic E-state index is 7.03. The molecule has 2 nitrogen and oxygen atoms in total. The Morgan fingerprint density at radius 2 is 2.18 bits per heavy atom. The second-order valence-electron chi connectivity index (χ2n) is 4.16. The molecule has 0 aromatic heterocycles. The molecule has 0 spiro atoms. The van der Waals surface area contributed by atoms with Crippen molar-refractivity contribution in [2.45, 2.75) is 26.3 Å². The molecule has 0 N–H and O–H groups in total. The van der Waals surface area contributed by atoms with Crippen LogP contribution in [0.25, 0.3) is 4.85 Å². The summed E-state index contributed by atoms with van der Waals surface area (Å²) in [5, 5.41) is 0. The highest BCUT2D eigenvalue weighted by atomic mass is 15.1. The fraction of sp³-hybridized carbons (Fsp3) is 0.889. The van der Waals surface area contributed by atoms with E-state index in [0.29, 0.717) is 0 Å². The Morgan fingerprint density at radius 1 is 1.55 bits per heavy atom. The lowest BCUT2D eigenvalue weighted by atomic mass is 9.80. The van der Waals surface area contributed by atoms with Crippen LogP contribution in [0.3, 0.4) is 0 Å². The van der Waals surface area contributed by atoms with Crippen molar-refractivity contribution in [2.75, 3.05) is 20.1 Å². The lowest BCUT2D eigenvalue weighted by Gasteiger charge is -2.36. The molecule has 0 amide bonds. The number of hydrogen-bond donors (Lipinski definition) is 0. The Labute approximate surface area is 69.0 Å². The second kappa shape index (κ2) is 2.83.